The van der Waals surface area contributed by atoms with Crippen LogP contribution in [0.4, 0.5) is 0 Å². The summed E-state index contributed by atoms with van der Waals surface area (Å²) in [4.78, 5) is 35.7. The molecule has 0 fully saturated rings. The van der Waals surface area contributed by atoms with Crippen molar-refractivity contribution in [1.82, 2.24) is 4.74 Å². The lowest BCUT2D eigenvalue weighted by molar-refractivity contribution is 0.0970. The zero-order valence-electron chi connectivity index (χ0n) is 8.89. The summed E-state index contributed by atoms with van der Waals surface area (Å²) in [6, 6.07) is 6.42. The summed E-state index contributed by atoms with van der Waals surface area (Å²) in [5, 5.41) is 0. The number of aryl methyl sites for hydroxylation is 1. The van der Waals surface area contributed by atoms with Crippen molar-refractivity contribution in [2.75, 3.05) is 0 Å². The number of carbonyl (C=O) groups excluding carboxylic acids is 2. The molecule has 1 heterocycles. The van der Waals surface area contributed by atoms with E-state index >= 15 is 0 Å². The molecule has 0 bridgehead atoms. The van der Waals surface area contributed by atoms with Crippen LogP contribution < -0.4 is 5.63 Å². The van der Waals surface area contributed by atoms with Gasteiger partial charge in [-0.05, 0) is 0 Å². The Hall–Kier alpha value is -2.43. The molecule has 0 radical (unpaired) electrons. The van der Waals surface area contributed by atoms with Crippen molar-refractivity contribution < 1.29 is 14.1 Å². The Kier molecular flexibility index (Phi) is 1.75. The van der Waals surface area contributed by atoms with Gasteiger partial charge >= 0.3 is 5.63 Å². The third-order valence-corrected chi connectivity index (χ3v) is 2.83. The summed E-state index contributed by atoms with van der Waals surface area (Å²) in [6.07, 6.45) is 0. The third-order valence-electron chi connectivity index (χ3n) is 2.83. The van der Waals surface area contributed by atoms with E-state index in [1.165, 1.54) is 13.1 Å². The second kappa shape index (κ2) is 3.04. The molecule has 5 nitrogen and oxygen atoms in total. The minimum atomic E-state index is -0.768. The van der Waals surface area contributed by atoms with E-state index in [4.69, 9.17) is 4.52 Å². The molecule has 1 aliphatic rings. The van der Waals surface area contributed by atoms with E-state index < -0.39 is 11.4 Å². The van der Waals surface area contributed by atoms with Crippen molar-refractivity contribution in [3.8, 4) is 0 Å². The Balaban J connectivity index is 2.43. The number of nitrogens with zero attached hydrogens (tertiary/aromatic N) is 1. The number of fused-ring (bicyclic) bond motifs is 2. The maximum Gasteiger partial charge on any atom is 0.369 e. The molecule has 84 valence electrons. The van der Waals surface area contributed by atoms with Crippen molar-refractivity contribution in [1.29, 1.82) is 0 Å². The monoisotopic (exact) mass is 229 g/mol. The Morgan fingerprint density at radius 1 is 1.00 bits per heavy atom. The second-order valence-corrected chi connectivity index (χ2v) is 3.80. The van der Waals surface area contributed by atoms with Crippen LogP contribution in [0.25, 0.3) is 0 Å². The molecule has 3 rings (SSSR count). The molecular weight excluding hydrogens is 222 g/mol. The molecular formula is C12H7NO4. The van der Waals surface area contributed by atoms with Crippen LogP contribution in [-0.4, -0.2) is 16.3 Å². The van der Waals surface area contributed by atoms with Crippen molar-refractivity contribution in [2.24, 2.45) is 7.05 Å². The zero-order chi connectivity index (χ0) is 12.2. The minimum absolute atomic E-state index is 0.0266. The molecule has 0 spiro atoms. The molecule has 17 heavy (non-hydrogen) atoms. The Bertz CT molecular complexity index is 720. The first-order valence-electron chi connectivity index (χ1n) is 5.00. The summed E-state index contributed by atoms with van der Waals surface area (Å²) in [6.45, 7) is 0. The summed E-state index contributed by atoms with van der Waals surface area (Å²) in [5.74, 6) is -0.812. The van der Waals surface area contributed by atoms with Gasteiger partial charge in [-0.1, -0.05) is 24.3 Å². The Labute approximate surface area is 95.2 Å². The quantitative estimate of drug-likeness (QED) is 0.570. The first kappa shape index (κ1) is 9.77. The smallest absolute Gasteiger partial charge is 0.335 e. The molecule has 0 unspecified atom stereocenters. The minimum Gasteiger partial charge on any atom is -0.335 e. The number of hydrogen-bond donors (Lipinski definition) is 0. The predicted molar refractivity (Wildman–Crippen MR) is 57.3 cm³/mol. The summed E-state index contributed by atoms with van der Waals surface area (Å²) < 4.78 is 5.81. The molecule has 0 atom stereocenters. The highest BCUT2D eigenvalue weighted by Crippen LogP contribution is 2.24. The van der Waals surface area contributed by atoms with Gasteiger partial charge in [-0.15, -0.1) is 0 Å². The fourth-order valence-corrected chi connectivity index (χ4v) is 2.07. The molecule has 0 saturated heterocycles. The lowest BCUT2D eigenvalue weighted by atomic mass is 9.88. The highest BCUT2D eigenvalue weighted by Gasteiger charge is 2.35. The zero-order valence-corrected chi connectivity index (χ0v) is 8.89. The molecule has 2 aromatic rings. The normalized spacial score (nSPS) is 13.5. The van der Waals surface area contributed by atoms with E-state index in [9.17, 15) is 14.4 Å². The highest BCUT2D eigenvalue weighted by atomic mass is 16.5. The van der Waals surface area contributed by atoms with Gasteiger partial charge in [0, 0.05) is 18.2 Å². The predicted octanol–water partition coefficient (Wildman–Crippen LogP) is 0.754. The van der Waals surface area contributed by atoms with Crippen LogP contribution in [0.3, 0.4) is 0 Å². The van der Waals surface area contributed by atoms with Crippen LogP contribution in [0.5, 0.6) is 0 Å². The van der Waals surface area contributed by atoms with Gasteiger partial charge in [0.25, 0.3) is 0 Å². The van der Waals surface area contributed by atoms with Crippen LogP contribution in [0.2, 0.25) is 0 Å². The van der Waals surface area contributed by atoms with Gasteiger partial charge in [-0.3, -0.25) is 9.59 Å². The first-order chi connectivity index (χ1) is 8.11. The van der Waals surface area contributed by atoms with Crippen LogP contribution in [0, 0.1) is 0 Å². The highest BCUT2D eigenvalue weighted by molar-refractivity contribution is 6.27. The standard InChI is InChI=1S/C12H7NO4/c1-13-9-8(12(16)17-13)10(14)6-4-2-3-5-7(6)11(9)15/h2-5H,1H3. The number of rotatable bonds is 0. The number of carbonyl (C=O) groups is 2. The van der Waals surface area contributed by atoms with Crippen molar-refractivity contribution in [2.45, 2.75) is 0 Å². The van der Waals surface area contributed by atoms with Gasteiger partial charge in [0.05, 0.1) is 0 Å². The van der Waals surface area contributed by atoms with Gasteiger partial charge < -0.3 is 4.52 Å². The summed E-state index contributed by atoms with van der Waals surface area (Å²) >= 11 is 0. The number of aromatic nitrogens is 1. The van der Waals surface area contributed by atoms with Crippen molar-refractivity contribution in [3.05, 3.63) is 57.1 Å². The van der Waals surface area contributed by atoms with E-state index in [1.807, 2.05) is 0 Å². The topological polar surface area (TPSA) is 69.3 Å². The van der Waals surface area contributed by atoms with Gasteiger partial charge in [-0.2, -0.15) is 0 Å². The maximum atomic E-state index is 12.1. The molecule has 0 amide bonds. The number of benzene rings is 1. The van der Waals surface area contributed by atoms with Crippen molar-refractivity contribution >= 4 is 11.6 Å². The van der Waals surface area contributed by atoms with Gasteiger partial charge in [-0.25, -0.2) is 9.53 Å². The fraction of sp³-hybridized carbons (Fsp3) is 0.0833. The Morgan fingerprint density at radius 3 is 2.24 bits per heavy atom. The second-order valence-electron chi connectivity index (χ2n) is 3.80. The maximum absolute atomic E-state index is 12.1. The molecule has 0 aliphatic heterocycles. The third kappa shape index (κ3) is 1.10. The lowest BCUT2D eigenvalue weighted by Crippen LogP contribution is -2.25. The largest absolute Gasteiger partial charge is 0.369 e. The van der Waals surface area contributed by atoms with Gasteiger partial charge in [0.1, 0.15) is 11.3 Å². The molecule has 1 aromatic carbocycles. The van der Waals surface area contributed by atoms with Crippen LogP contribution in [-0.2, 0) is 7.05 Å². The fourth-order valence-electron chi connectivity index (χ4n) is 2.07. The van der Waals surface area contributed by atoms with E-state index in [-0.39, 0.29) is 22.6 Å². The lowest BCUT2D eigenvalue weighted by Gasteiger charge is -2.12. The molecule has 1 aromatic heterocycles. The van der Waals surface area contributed by atoms with Crippen LogP contribution >= 0.6 is 0 Å². The van der Waals surface area contributed by atoms with Crippen LogP contribution in [0.15, 0.2) is 33.6 Å². The SMILES string of the molecule is Cn1oc(=O)c2c1C(=O)c1ccccc1C2=O. The summed E-state index contributed by atoms with van der Waals surface area (Å²) in [5.41, 5.74) is -0.352. The van der Waals surface area contributed by atoms with Gasteiger partial charge in [0.2, 0.25) is 11.6 Å². The van der Waals surface area contributed by atoms with Gasteiger partial charge in [0.15, 0.2) is 0 Å². The van der Waals surface area contributed by atoms with E-state index in [1.54, 1.807) is 18.2 Å². The molecule has 0 saturated carbocycles. The first-order valence-corrected chi connectivity index (χ1v) is 5.00. The molecule has 1 aliphatic carbocycles. The molecule has 5 heteroatoms. The van der Waals surface area contributed by atoms with Crippen molar-refractivity contribution in [3.63, 3.8) is 0 Å². The number of hydrogen-bond acceptors (Lipinski definition) is 4. The Morgan fingerprint density at radius 2 is 1.59 bits per heavy atom. The van der Waals surface area contributed by atoms with E-state index in [2.05, 4.69) is 0 Å². The van der Waals surface area contributed by atoms with E-state index in [0.717, 1.165) is 4.74 Å². The van der Waals surface area contributed by atoms with Crippen LogP contribution in [0.1, 0.15) is 32.0 Å². The average molecular weight is 229 g/mol. The summed E-state index contributed by atoms with van der Waals surface area (Å²) in [7, 11) is 1.43. The number of ketones is 2. The molecule has 0 N–H and O–H groups in total. The van der Waals surface area contributed by atoms with E-state index in [0.29, 0.717) is 5.56 Å². The average Bonchev–Trinajstić information content (AvgIpc) is 2.62.